The number of ether oxygens (including phenoxy) is 1. The van der Waals surface area contributed by atoms with Crippen molar-refractivity contribution in [2.24, 2.45) is 0 Å². The number of hydrogen-bond acceptors (Lipinski definition) is 3. The standard InChI is InChI=1S/C22H25ClN2O3/c1-14-6-11-20(28-3)22-18(14)5-4-12-25(22)21(27)13-19(24-15(2)26)16-7-9-17(23)10-8-16/h6-11,19H,4-5,12-13H2,1-3H3,(H,24,26). The minimum atomic E-state index is -0.413. The summed E-state index contributed by atoms with van der Waals surface area (Å²) in [5, 5.41) is 3.50. The molecule has 1 unspecified atom stereocenters. The topological polar surface area (TPSA) is 58.6 Å². The second-order valence-corrected chi connectivity index (χ2v) is 7.51. The summed E-state index contributed by atoms with van der Waals surface area (Å²) in [5.74, 6) is 0.481. The highest BCUT2D eigenvalue weighted by molar-refractivity contribution is 6.30. The second kappa shape index (κ2) is 8.65. The molecule has 0 radical (unpaired) electrons. The molecule has 5 nitrogen and oxygen atoms in total. The van der Waals surface area contributed by atoms with Gasteiger partial charge in [0, 0.05) is 18.5 Å². The van der Waals surface area contributed by atoms with Gasteiger partial charge in [0.05, 0.1) is 25.3 Å². The number of hydrogen-bond donors (Lipinski definition) is 1. The molecular formula is C22H25ClN2O3. The zero-order chi connectivity index (χ0) is 20.3. The first kappa shape index (κ1) is 20.2. The van der Waals surface area contributed by atoms with Crippen LogP contribution in [0.1, 0.15) is 42.5 Å². The van der Waals surface area contributed by atoms with E-state index in [2.05, 4.69) is 12.2 Å². The van der Waals surface area contributed by atoms with Crippen LogP contribution in [0, 0.1) is 6.92 Å². The third-order valence-electron chi connectivity index (χ3n) is 5.11. The summed E-state index contributed by atoms with van der Waals surface area (Å²) >= 11 is 5.98. The van der Waals surface area contributed by atoms with Crippen LogP contribution in [-0.4, -0.2) is 25.5 Å². The van der Waals surface area contributed by atoms with Crippen LogP contribution in [-0.2, 0) is 16.0 Å². The molecule has 0 bridgehead atoms. The predicted octanol–water partition coefficient (Wildman–Crippen LogP) is 4.20. The van der Waals surface area contributed by atoms with Gasteiger partial charge in [-0.3, -0.25) is 9.59 Å². The number of carbonyl (C=O) groups is 2. The average Bonchev–Trinajstić information content (AvgIpc) is 2.68. The number of halogens is 1. The Morgan fingerprint density at radius 1 is 1.21 bits per heavy atom. The van der Waals surface area contributed by atoms with Crippen LogP contribution < -0.4 is 15.0 Å². The van der Waals surface area contributed by atoms with Gasteiger partial charge in [-0.2, -0.15) is 0 Å². The monoisotopic (exact) mass is 400 g/mol. The molecule has 3 rings (SSSR count). The number of amides is 2. The van der Waals surface area contributed by atoms with Crippen molar-refractivity contribution < 1.29 is 14.3 Å². The van der Waals surface area contributed by atoms with Gasteiger partial charge in [0.15, 0.2) is 0 Å². The van der Waals surface area contributed by atoms with E-state index in [0.717, 1.165) is 35.2 Å². The summed E-state index contributed by atoms with van der Waals surface area (Å²) in [7, 11) is 1.62. The number of anilines is 1. The molecule has 0 aliphatic carbocycles. The van der Waals surface area contributed by atoms with Crippen molar-refractivity contribution in [1.82, 2.24) is 5.32 Å². The molecule has 1 atom stereocenters. The fourth-order valence-electron chi connectivity index (χ4n) is 3.74. The summed E-state index contributed by atoms with van der Waals surface area (Å²) in [6.45, 7) is 4.15. The van der Waals surface area contributed by atoms with E-state index >= 15 is 0 Å². The fraction of sp³-hybridized carbons (Fsp3) is 0.364. The van der Waals surface area contributed by atoms with Gasteiger partial charge in [0.25, 0.3) is 0 Å². The quantitative estimate of drug-likeness (QED) is 0.818. The molecule has 2 aromatic carbocycles. The van der Waals surface area contributed by atoms with Gasteiger partial charge in [-0.15, -0.1) is 0 Å². The van der Waals surface area contributed by atoms with Gasteiger partial charge in [-0.25, -0.2) is 0 Å². The van der Waals surface area contributed by atoms with Gasteiger partial charge in [0.2, 0.25) is 11.8 Å². The first-order valence-electron chi connectivity index (χ1n) is 9.40. The van der Waals surface area contributed by atoms with Gasteiger partial charge in [-0.05, 0) is 54.7 Å². The summed E-state index contributed by atoms with van der Waals surface area (Å²) in [6.07, 6.45) is 1.99. The Kier molecular flexibility index (Phi) is 6.25. The molecule has 0 aromatic heterocycles. The Bertz CT molecular complexity index is 880. The first-order valence-corrected chi connectivity index (χ1v) is 9.78. The summed E-state index contributed by atoms with van der Waals surface area (Å²) in [4.78, 5) is 26.8. The van der Waals surface area contributed by atoms with Crippen molar-refractivity contribution in [3.63, 3.8) is 0 Å². The Labute approximate surface area is 170 Å². The lowest BCUT2D eigenvalue weighted by Gasteiger charge is -2.33. The number of nitrogens with zero attached hydrogens (tertiary/aromatic N) is 1. The second-order valence-electron chi connectivity index (χ2n) is 7.07. The maximum Gasteiger partial charge on any atom is 0.229 e. The van der Waals surface area contributed by atoms with Crippen LogP contribution in [0.4, 0.5) is 5.69 Å². The molecule has 28 heavy (non-hydrogen) atoms. The fourth-order valence-corrected chi connectivity index (χ4v) is 3.87. The molecular weight excluding hydrogens is 376 g/mol. The highest BCUT2D eigenvalue weighted by Crippen LogP contribution is 2.39. The summed E-state index contributed by atoms with van der Waals surface area (Å²) < 4.78 is 5.54. The van der Waals surface area contributed by atoms with Crippen molar-refractivity contribution in [3.8, 4) is 5.75 Å². The molecule has 0 saturated heterocycles. The van der Waals surface area contributed by atoms with Crippen molar-refractivity contribution in [3.05, 3.63) is 58.1 Å². The van der Waals surface area contributed by atoms with Crippen molar-refractivity contribution in [2.75, 3.05) is 18.6 Å². The van der Waals surface area contributed by atoms with E-state index in [9.17, 15) is 9.59 Å². The molecule has 1 heterocycles. The third kappa shape index (κ3) is 4.30. The normalized spacial score (nSPS) is 14.2. The lowest BCUT2D eigenvalue weighted by atomic mass is 9.95. The smallest absolute Gasteiger partial charge is 0.229 e. The Hall–Kier alpha value is -2.53. The molecule has 2 amide bonds. The number of aryl methyl sites for hydroxylation is 1. The number of methoxy groups -OCH3 is 1. The molecule has 6 heteroatoms. The molecule has 1 aliphatic heterocycles. The van der Waals surface area contributed by atoms with Gasteiger partial charge >= 0.3 is 0 Å². The van der Waals surface area contributed by atoms with Crippen LogP contribution in [0.5, 0.6) is 5.75 Å². The maximum absolute atomic E-state index is 13.3. The Morgan fingerprint density at radius 2 is 1.93 bits per heavy atom. The molecule has 1 aliphatic rings. The predicted molar refractivity (Wildman–Crippen MR) is 111 cm³/mol. The molecule has 0 spiro atoms. The van der Waals surface area contributed by atoms with Gasteiger partial charge < -0.3 is 15.0 Å². The largest absolute Gasteiger partial charge is 0.495 e. The number of nitrogens with one attached hydrogen (secondary N) is 1. The van der Waals surface area contributed by atoms with Gasteiger partial charge in [0.1, 0.15) is 5.75 Å². The number of benzene rings is 2. The van der Waals surface area contributed by atoms with E-state index in [-0.39, 0.29) is 18.2 Å². The number of carbonyl (C=O) groups excluding carboxylic acids is 2. The van der Waals surface area contributed by atoms with Crippen molar-refractivity contribution >= 4 is 29.1 Å². The molecule has 0 saturated carbocycles. The van der Waals surface area contributed by atoms with E-state index < -0.39 is 6.04 Å². The Morgan fingerprint density at radius 3 is 2.57 bits per heavy atom. The third-order valence-corrected chi connectivity index (χ3v) is 5.36. The molecule has 0 fully saturated rings. The van der Waals surface area contributed by atoms with Crippen molar-refractivity contribution in [1.29, 1.82) is 0 Å². The minimum Gasteiger partial charge on any atom is -0.495 e. The zero-order valence-electron chi connectivity index (χ0n) is 16.4. The van der Waals surface area contributed by atoms with Crippen LogP contribution in [0.2, 0.25) is 5.02 Å². The molecule has 1 N–H and O–H groups in total. The number of rotatable bonds is 5. The Balaban J connectivity index is 1.90. The van der Waals surface area contributed by atoms with Crippen molar-refractivity contribution in [2.45, 2.75) is 39.2 Å². The van der Waals surface area contributed by atoms with Gasteiger partial charge in [-0.1, -0.05) is 29.8 Å². The van der Waals surface area contributed by atoms with E-state index in [4.69, 9.17) is 16.3 Å². The minimum absolute atomic E-state index is 0.0430. The summed E-state index contributed by atoms with van der Waals surface area (Å²) in [6, 6.07) is 10.7. The van der Waals surface area contributed by atoms with Crippen LogP contribution in [0.15, 0.2) is 36.4 Å². The molecule has 2 aromatic rings. The highest BCUT2D eigenvalue weighted by Gasteiger charge is 2.29. The van der Waals surface area contributed by atoms with E-state index in [1.165, 1.54) is 6.92 Å². The maximum atomic E-state index is 13.3. The molecule has 148 valence electrons. The highest BCUT2D eigenvalue weighted by atomic mass is 35.5. The lowest BCUT2D eigenvalue weighted by Crippen LogP contribution is -2.39. The average molecular weight is 401 g/mol. The summed E-state index contributed by atoms with van der Waals surface area (Å²) in [5.41, 5.74) is 4.02. The first-order chi connectivity index (χ1) is 13.4. The number of fused-ring (bicyclic) bond motifs is 1. The van der Waals surface area contributed by atoms with Crippen LogP contribution in [0.3, 0.4) is 0 Å². The van der Waals surface area contributed by atoms with E-state index in [0.29, 0.717) is 17.3 Å². The van der Waals surface area contributed by atoms with E-state index in [1.54, 1.807) is 24.1 Å². The zero-order valence-corrected chi connectivity index (χ0v) is 17.2. The SMILES string of the molecule is COc1ccc(C)c2c1N(C(=O)CC(NC(C)=O)c1ccc(Cl)cc1)CCC2. The van der Waals surface area contributed by atoms with Crippen LogP contribution in [0.25, 0.3) is 0 Å². The van der Waals surface area contributed by atoms with Crippen LogP contribution >= 0.6 is 11.6 Å². The van der Waals surface area contributed by atoms with E-state index in [1.807, 2.05) is 24.3 Å². The lowest BCUT2D eigenvalue weighted by molar-refractivity contribution is -0.121.